The highest BCUT2D eigenvalue weighted by molar-refractivity contribution is 6.00. The minimum absolute atomic E-state index is 0.0849. The maximum Gasteiger partial charge on any atom is 0.245 e. The third-order valence-electron chi connectivity index (χ3n) is 5.13. The molecule has 0 saturated carbocycles. The van der Waals surface area contributed by atoms with Crippen molar-refractivity contribution in [3.05, 3.63) is 95.8 Å². The molecule has 1 fully saturated rings. The average molecular weight is 431 g/mol. The molecular weight excluding hydrogens is 409 g/mol. The lowest BCUT2D eigenvalue weighted by molar-refractivity contribution is -0.126. The topological polar surface area (TPSA) is 71.0 Å². The van der Waals surface area contributed by atoms with E-state index in [0.717, 1.165) is 11.1 Å². The Morgan fingerprint density at radius 1 is 1.09 bits per heavy atom. The summed E-state index contributed by atoms with van der Waals surface area (Å²) in [4.78, 5) is 26.2. The van der Waals surface area contributed by atoms with Gasteiger partial charge in [0.2, 0.25) is 11.8 Å². The van der Waals surface area contributed by atoms with Crippen molar-refractivity contribution in [2.45, 2.75) is 13.0 Å². The molecule has 0 unspecified atom stereocenters. The molecule has 1 aliphatic heterocycles. The van der Waals surface area contributed by atoms with Crippen LogP contribution in [-0.2, 0) is 16.2 Å². The van der Waals surface area contributed by atoms with Gasteiger partial charge in [0.15, 0.2) is 0 Å². The van der Waals surface area contributed by atoms with E-state index >= 15 is 0 Å². The van der Waals surface area contributed by atoms with E-state index in [1.807, 2.05) is 54.6 Å². The SMILES string of the molecule is O=C(N/N=C\c1cccc(OCc2ccccc2)c1)[C@@H]1CC(=O)N(c2ccc(F)cc2)C1. The first-order valence-electron chi connectivity index (χ1n) is 10.2. The zero-order chi connectivity index (χ0) is 22.3. The molecule has 6 nitrogen and oxygen atoms in total. The van der Waals surface area contributed by atoms with Crippen LogP contribution in [0.15, 0.2) is 84.0 Å². The Hall–Kier alpha value is -4.00. The fourth-order valence-electron chi connectivity index (χ4n) is 3.44. The number of carbonyl (C=O) groups excluding carboxylic acids is 2. The molecule has 1 N–H and O–H groups in total. The molecule has 1 aliphatic rings. The summed E-state index contributed by atoms with van der Waals surface area (Å²) in [5.41, 5.74) is 4.91. The number of nitrogens with one attached hydrogen (secondary N) is 1. The fourth-order valence-corrected chi connectivity index (χ4v) is 3.44. The summed E-state index contributed by atoms with van der Waals surface area (Å²) in [6.07, 6.45) is 1.61. The first-order chi connectivity index (χ1) is 15.6. The summed E-state index contributed by atoms with van der Waals surface area (Å²) in [5.74, 6) is -0.719. The van der Waals surface area contributed by atoms with Crippen LogP contribution in [-0.4, -0.2) is 24.6 Å². The van der Waals surface area contributed by atoms with Crippen molar-refractivity contribution in [3.63, 3.8) is 0 Å². The number of rotatable bonds is 7. The third-order valence-corrected chi connectivity index (χ3v) is 5.13. The van der Waals surface area contributed by atoms with Crippen molar-refractivity contribution in [2.24, 2.45) is 11.0 Å². The Labute approximate surface area is 185 Å². The molecule has 7 heteroatoms. The number of benzene rings is 3. The quantitative estimate of drug-likeness (QED) is 0.456. The lowest BCUT2D eigenvalue weighted by Gasteiger charge is -2.16. The van der Waals surface area contributed by atoms with Crippen LogP contribution < -0.4 is 15.1 Å². The summed E-state index contributed by atoms with van der Waals surface area (Å²) in [5, 5.41) is 4.02. The van der Waals surface area contributed by atoms with Crippen LogP contribution in [0.5, 0.6) is 5.75 Å². The molecule has 1 heterocycles. The zero-order valence-corrected chi connectivity index (χ0v) is 17.3. The van der Waals surface area contributed by atoms with E-state index in [1.165, 1.54) is 35.4 Å². The molecule has 3 aromatic rings. The molecule has 162 valence electrons. The van der Waals surface area contributed by atoms with Crippen LogP contribution in [0.3, 0.4) is 0 Å². The van der Waals surface area contributed by atoms with Gasteiger partial charge >= 0.3 is 0 Å². The number of amides is 2. The second kappa shape index (κ2) is 9.87. The molecule has 2 amide bonds. The van der Waals surface area contributed by atoms with Gasteiger partial charge in [-0.15, -0.1) is 0 Å². The molecule has 32 heavy (non-hydrogen) atoms. The van der Waals surface area contributed by atoms with Crippen LogP contribution in [0.4, 0.5) is 10.1 Å². The van der Waals surface area contributed by atoms with Crippen molar-refractivity contribution >= 4 is 23.7 Å². The molecule has 0 spiro atoms. The van der Waals surface area contributed by atoms with Gasteiger partial charge in [0.1, 0.15) is 18.2 Å². The highest BCUT2D eigenvalue weighted by Gasteiger charge is 2.35. The molecule has 4 rings (SSSR count). The van der Waals surface area contributed by atoms with Gasteiger partial charge in [0.05, 0.1) is 12.1 Å². The molecule has 0 radical (unpaired) electrons. The van der Waals surface area contributed by atoms with E-state index in [1.54, 1.807) is 0 Å². The Balaban J connectivity index is 1.30. The minimum atomic E-state index is -0.523. The number of carbonyl (C=O) groups is 2. The van der Waals surface area contributed by atoms with Crippen molar-refractivity contribution in [1.29, 1.82) is 0 Å². The van der Waals surface area contributed by atoms with Crippen molar-refractivity contribution in [1.82, 2.24) is 5.43 Å². The predicted octanol–water partition coefficient (Wildman–Crippen LogP) is 3.91. The number of nitrogens with zero attached hydrogens (tertiary/aromatic N) is 2. The van der Waals surface area contributed by atoms with E-state index in [9.17, 15) is 14.0 Å². The second-order valence-electron chi connectivity index (χ2n) is 7.46. The number of ether oxygens (including phenoxy) is 1. The highest BCUT2D eigenvalue weighted by Crippen LogP contribution is 2.25. The van der Waals surface area contributed by atoms with Crippen LogP contribution in [0.25, 0.3) is 0 Å². The Morgan fingerprint density at radius 2 is 1.88 bits per heavy atom. The number of halogens is 1. The lowest BCUT2D eigenvalue weighted by Crippen LogP contribution is -2.30. The van der Waals surface area contributed by atoms with E-state index in [-0.39, 0.29) is 30.6 Å². The summed E-state index contributed by atoms with van der Waals surface area (Å²) in [7, 11) is 0. The molecule has 0 aromatic heterocycles. The number of anilines is 1. The maximum absolute atomic E-state index is 13.1. The highest BCUT2D eigenvalue weighted by atomic mass is 19.1. The van der Waals surface area contributed by atoms with E-state index in [2.05, 4.69) is 10.5 Å². The normalized spacial score (nSPS) is 15.8. The van der Waals surface area contributed by atoms with E-state index in [4.69, 9.17) is 4.74 Å². The summed E-state index contributed by atoms with van der Waals surface area (Å²) >= 11 is 0. The fraction of sp³-hybridized carbons (Fsp3) is 0.160. The standard InChI is InChI=1S/C25H22FN3O3/c26-21-9-11-22(12-10-21)29-16-20(14-24(29)30)25(31)28-27-15-19-7-4-8-23(13-19)32-17-18-5-2-1-3-6-18/h1-13,15,20H,14,16-17H2,(H,28,31)/b27-15-/t20-/m1/s1. The van der Waals surface area contributed by atoms with Crippen LogP contribution in [0.2, 0.25) is 0 Å². The Morgan fingerprint density at radius 3 is 2.66 bits per heavy atom. The molecule has 3 aromatic carbocycles. The van der Waals surface area contributed by atoms with Crippen LogP contribution in [0.1, 0.15) is 17.5 Å². The van der Waals surface area contributed by atoms with Crippen LogP contribution >= 0.6 is 0 Å². The summed E-state index contributed by atoms with van der Waals surface area (Å²) in [6.45, 7) is 0.688. The average Bonchev–Trinajstić information content (AvgIpc) is 3.21. The summed E-state index contributed by atoms with van der Waals surface area (Å²) < 4.78 is 18.9. The predicted molar refractivity (Wildman–Crippen MR) is 120 cm³/mol. The third kappa shape index (κ3) is 5.37. The zero-order valence-electron chi connectivity index (χ0n) is 17.3. The van der Waals surface area contributed by atoms with Crippen molar-refractivity contribution in [2.75, 3.05) is 11.4 Å². The van der Waals surface area contributed by atoms with Gasteiger partial charge in [-0.2, -0.15) is 5.10 Å². The first-order valence-corrected chi connectivity index (χ1v) is 10.2. The first kappa shape index (κ1) is 21.2. The maximum atomic E-state index is 13.1. The monoisotopic (exact) mass is 431 g/mol. The second-order valence-corrected chi connectivity index (χ2v) is 7.46. The van der Waals surface area contributed by atoms with Crippen molar-refractivity contribution in [3.8, 4) is 5.75 Å². The van der Waals surface area contributed by atoms with E-state index in [0.29, 0.717) is 18.0 Å². The minimum Gasteiger partial charge on any atom is -0.489 e. The lowest BCUT2D eigenvalue weighted by atomic mass is 10.1. The van der Waals surface area contributed by atoms with Gasteiger partial charge in [-0.1, -0.05) is 42.5 Å². The molecule has 0 aliphatic carbocycles. The molecule has 1 saturated heterocycles. The molecule has 1 atom stereocenters. The number of hydrogen-bond acceptors (Lipinski definition) is 4. The van der Waals surface area contributed by atoms with Gasteiger partial charge in [-0.3, -0.25) is 9.59 Å². The number of hydrazone groups is 1. The molecular formula is C25H22FN3O3. The number of hydrogen-bond donors (Lipinski definition) is 1. The van der Waals surface area contributed by atoms with Gasteiger partial charge in [-0.05, 0) is 47.5 Å². The Bertz CT molecular complexity index is 1120. The smallest absolute Gasteiger partial charge is 0.245 e. The van der Waals surface area contributed by atoms with Crippen LogP contribution in [0, 0.1) is 11.7 Å². The van der Waals surface area contributed by atoms with E-state index < -0.39 is 5.92 Å². The Kier molecular flexibility index (Phi) is 6.55. The largest absolute Gasteiger partial charge is 0.489 e. The molecule has 0 bridgehead atoms. The van der Waals surface area contributed by atoms with Gasteiger partial charge in [0, 0.05) is 18.7 Å². The summed E-state index contributed by atoms with van der Waals surface area (Å²) in [6, 6.07) is 22.9. The van der Waals surface area contributed by atoms with Gasteiger partial charge < -0.3 is 9.64 Å². The van der Waals surface area contributed by atoms with Crippen molar-refractivity contribution < 1.29 is 18.7 Å². The van der Waals surface area contributed by atoms with Gasteiger partial charge in [-0.25, -0.2) is 9.82 Å². The van der Waals surface area contributed by atoms with Gasteiger partial charge in [0.25, 0.3) is 0 Å².